The molecular formula is C16H20ClN3O. The van der Waals surface area contributed by atoms with Crippen molar-refractivity contribution in [3.8, 4) is 5.75 Å². The van der Waals surface area contributed by atoms with E-state index < -0.39 is 0 Å². The lowest BCUT2D eigenvalue weighted by Gasteiger charge is -2.22. The number of hydrogen-bond donors (Lipinski definition) is 0. The molecule has 0 aliphatic rings. The van der Waals surface area contributed by atoms with Crippen molar-refractivity contribution < 1.29 is 4.74 Å². The third-order valence-corrected chi connectivity index (χ3v) is 3.66. The summed E-state index contributed by atoms with van der Waals surface area (Å²) in [7, 11) is 3.69. The first-order chi connectivity index (χ1) is 10.2. The number of ether oxygens (including phenoxy) is 1. The molecule has 5 heteroatoms. The molecule has 0 unspecified atom stereocenters. The fourth-order valence-corrected chi connectivity index (χ4v) is 2.56. The molecule has 0 atom stereocenters. The number of anilines is 1. The van der Waals surface area contributed by atoms with Gasteiger partial charge in [0.2, 0.25) is 0 Å². The largest absolute Gasteiger partial charge is 0.496 e. The van der Waals surface area contributed by atoms with Crippen LogP contribution in [-0.4, -0.2) is 24.1 Å². The summed E-state index contributed by atoms with van der Waals surface area (Å²) in [5.74, 6) is 1.75. The van der Waals surface area contributed by atoms with E-state index in [-0.39, 0.29) is 0 Å². The monoisotopic (exact) mass is 305 g/mol. The lowest BCUT2D eigenvalue weighted by atomic mass is 10.1. The lowest BCUT2D eigenvalue weighted by Crippen LogP contribution is -2.20. The van der Waals surface area contributed by atoms with Crippen molar-refractivity contribution >= 4 is 17.4 Å². The molecule has 0 radical (unpaired) electrons. The van der Waals surface area contributed by atoms with Crippen molar-refractivity contribution in [2.24, 2.45) is 0 Å². The smallest absolute Gasteiger partial charge is 0.137 e. The van der Waals surface area contributed by atoms with Crippen molar-refractivity contribution in [3.05, 3.63) is 46.9 Å². The maximum Gasteiger partial charge on any atom is 0.137 e. The topological polar surface area (TPSA) is 38.2 Å². The second kappa shape index (κ2) is 7.27. The summed E-state index contributed by atoms with van der Waals surface area (Å²) >= 11 is 6.21. The number of halogens is 1. The molecule has 0 aliphatic carbocycles. The minimum Gasteiger partial charge on any atom is -0.496 e. The van der Waals surface area contributed by atoms with Crippen molar-refractivity contribution in [1.82, 2.24) is 9.97 Å². The maximum atomic E-state index is 6.21. The zero-order chi connectivity index (χ0) is 15.2. The average Bonchev–Trinajstić information content (AvgIpc) is 2.50. The van der Waals surface area contributed by atoms with Crippen LogP contribution in [-0.2, 0) is 13.0 Å². The number of nitrogens with zero attached hydrogens (tertiary/aromatic N) is 3. The molecule has 0 saturated heterocycles. The SMILES string of the molecule is CCCc1c(Cl)ncnc1N(C)Cc1ccccc1OC. The zero-order valence-electron chi connectivity index (χ0n) is 12.6. The molecule has 112 valence electrons. The molecule has 2 rings (SSSR count). The van der Waals surface area contributed by atoms with Gasteiger partial charge in [0.1, 0.15) is 23.0 Å². The molecule has 0 N–H and O–H groups in total. The van der Waals surface area contributed by atoms with Crippen LogP contribution in [0.5, 0.6) is 5.75 Å². The van der Waals surface area contributed by atoms with Crippen LogP contribution >= 0.6 is 11.6 Å². The van der Waals surface area contributed by atoms with Crippen LogP contribution in [0.1, 0.15) is 24.5 Å². The van der Waals surface area contributed by atoms with Crippen LogP contribution in [0.3, 0.4) is 0 Å². The molecule has 4 nitrogen and oxygen atoms in total. The summed E-state index contributed by atoms with van der Waals surface area (Å²) in [6.45, 7) is 2.82. The summed E-state index contributed by atoms with van der Waals surface area (Å²) in [5, 5.41) is 0.536. The summed E-state index contributed by atoms with van der Waals surface area (Å²) in [4.78, 5) is 10.6. The van der Waals surface area contributed by atoms with Gasteiger partial charge in [0.25, 0.3) is 0 Å². The molecule has 0 fully saturated rings. The Hall–Kier alpha value is -1.81. The maximum absolute atomic E-state index is 6.21. The first-order valence-electron chi connectivity index (χ1n) is 6.99. The summed E-state index contributed by atoms with van der Waals surface area (Å²) < 4.78 is 5.40. The Kier molecular flexibility index (Phi) is 5.39. The first kappa shape index (κ1) is 15.6. The van der Waals surface area contributed by atoms with Crippen molar-refractivity contribution in [1.29, 1.82) is 0 Å². The molecule has 2 aromatic rings. The van der Waals surface area contributed by atoms with E-state index in [1.54, 1.807) is 7.11 Å². The summed E-state index contributed by atoms with van der Waals surface area (Å²) in [6, 6.07) is 7.98. The Morgan fingerprint density at radius 2 is 2.00 bits per heavy atom. The van der Waals surface area contributed by atoms with E-state index in [0.29, 0.717) is 11.7 Å². The van der Waals surface area contributed by atoms with Crippen molar-refractivity contribution in [2.45, 2.75) is 26.3 Å². The number of rotatable bonds is 6. The highest BCUT2D eigenvalue weighted by Gasteiger charge is 2.14. The van der Waals surface area contributed by atoms with Crippen LogP contribution in [0.4, 0.5) is 5.82 Å². The number of hydrogen-bond acceptors (Lipinski definition) is 4. The number of benzene rings is 1. The minimum absolute atomic E-state index is 0.536. The summed E-state index contributed by atoms with van der Waals surface area (Å²) in [5.41, 5.74) is 2.11. The van der Waals surface area contributed by atoms with E-state index in [4.69, 9.17) is 16.3 Å². The number of methoxy groups -OCH3 is 1. The van der Waals surface area contributed by atoms with E-state index in [2.05, 4.69) is 27.9 Å². The Bertz CT molecular complexity index is 604. The van der Waals surface area contributed by atoms with Crippen LogP contribution in [0.15, 0.2) is 30.6 Å². The van der Waals surface area contributed by atoms with E-state index in [9.17, 15) is 0 Å². The van der Waals surface area contributed by atoms with E-state index >= 15 is 0 Å². The Balaban J connectivity index is 2.28. The molecule has 1 aromatic carbocycles. The first-order valence-corrected chi connectivity index (χ1v) is 7.37. The Labute approximate surface area is 130 Å². The molecule has 0 saturated carbocycles. The standard InChI is InChI=1S/C16H20ClN3O/c1-4-7-13-15(17)18-11-19-16(13)20(2)10-12-8-5-6-9-14(12)21-3/h5-6,8-9,11H,4,7,10H2,1-3H3. The molecule has 0 amide bonds. The molecule has 1 heterocycles. The third-order valence-electron chi connectivity index (χ3n) is 3.33. The van der Waals surface area contributed by atoms with Gasteiger partial charge in [-0.1, -0.05) is 43.1 Å². The quantitative estimate of drug-likeness (QED) is 0.762. The molecule has 21 heavy (non-hydrogen) atoms. The lowest BCUT2D eigenvalue weighted by molar-refractivity contribution is 0.409. The van der Waals surface area contributed by atoms with Crippen LogP contribution < -0.4 is 9.64 Å². The fourth-order valence-electron chi connectivity index (χ4n) is 2.34. The zero-order valence-corrected chi connectivity index (χ0v) is 13.4. The van der Waals surface area contributed by atoms with Gasteiger partial charge in [0.15, 0.2) is 0 Å². The van der Waals surface area contributed by atoms with Gasteiger partial charge in [-0.2, -0.15) is 0 Å². The van der Waals surface area contributed by atoms with Crippen molar-refractivity contribution in [3.63, 3.8) is 0 Å². The predicted molar refractivity (Wildman–Crippen MR) is 86.1 cm³/mol. The molecular weight excluding hydrogens is 286 g/mol. The predicted octanol–water partition coefficient (Wildman–Crippen LogP) is 3.73. The van der Waals surface area contributed by atoms with Gasteiger partial charge in [-0.3, -0.25) is 0 Å². The average molecular weight is 306 g/mol. The highest BCUT2D eigenvalue weighted by Crippen LogP contribution is 2.27. The second-order valence-electron chi connectivity index (χ2n) is 4.88. The number of aromatic nitrogens is 2. The summed E-state index contributed by atoms with van der Waals surface area (Å²) in [6.07, 6.45) is 3.38. The fraction of sp³-hybridized carbons (Fsp3) is 0.375. The van der Waals surface area contributed by atoms with Gasteiger partial charge in [-0.05, 0) is 12.5 Å². The van der Waals surface area contributed by atoms with Crippen LogP contribution in [0, 0.1) is 0 Å². The van der Waals surface area contributed by atoms with Gasteiger partial charge >= 0.3 is 0 Å². The number of para-hydroxylation sites is 1. The highest BCUT2D eigenvalue weighted by atomic mass is 35.5. The van der Waals surface area contributed by atoms with Gasteiger partial charge in [0, 0.05) is 24.7 Å². The normalized spacial score (nSPS) is 10.5. The molecule has 0 bridgehead atoms. The minimum atomic E-state index is 0.536. The third kappa shape index (κ3) is 3.64. The van der Waals surface area contributed by atoms with Gasteiger partial charge in [-0.25, -0.2) is 9.97 Å². The molecule has 1 aromatic heterocycles. The highest BCUT2D eigenvalue weighted by molar-refractivity contribution is 6.30. The molecule has 0 spiro atoms. The van der Waals surface area contributed by atoms with E-state index in [0.717, 1.165) is 35.5 Å². The van der Waals surface area contributed by atoms with Gasteiger partial charge < -0.3 is 9.64 Å². The van der Waals surface area contributed by atoms with Crippen molar-refractivity contribution in [2.75, 3.05) is 19.1 Å². The molecule has 0 aliphatic heterocycles. The van der Waals surface area contributed by atoms with E-state index in [1.807, 2.05) is 25.2 Å². The van der Waals surface area contributed by atoms with Crippen LogP contribution in [0.2, 0.25) is 5.15 Å². The van der Waals surface area contributed by atoms with E-state index in [1.165, 1.54) is 6.33 Å². The van der Waals surface area contributed by atoms with Crippen LogP contribution in [0.25, 0.3) is 0 Å². The van der Waals surface area contributed by atoms with Gasteiger partial charge in [0.05, 0.1) is 7.11 Å². The Morgan fingerprint density at radius 1 is 1.24 bits per heavy atom. The Morgan fingerprint density at radius 3 is 2.71 bits per heavy atom. The van der Waals surface area contributed by atoms with Gasteiger partial charge in [-0.15, -0.1) is 0 Å². The second-order valence-corrected chi connectivity index (χ2v) is 5.24.